The van der Waals surface area contributed by atoms with Crippen LogP contribution in [0.3, 0.4) is 0 Å². The van der Waals surface area contributed by atoms with Crippen molar-refractivity contribution in [2.24, 2.45) is 0 Å². The van der Waals surface area contributed by atoms with Crippen LogP contribution in [0.25, 0.3) is 0 Å². The molecule has 2 aromatic rings. The number of aryl methyl sites for hydroxylation is 1. The van der Waals surface area contributed by atoms with E-state index in [1.807, 2.05) is 18.2 Å². The van der Waals surface area contributed by atoms with Gasteiger partial charge in [0.15, 0.2) is 0 Å². The number of nitrogens with zero attached hydrogens (tertiary/aromatic N) is 1. The van der Waals surface area contributed by atoms with Crippen molar-refractivity contribution < 1.29 is 18.3 Å². The van der Waals surface area contributed by atoms with E-state index in [2.05, 4.69) is 21.8 Å². The van der Waals surface area contributed by atoms with Gasteiger partial charge < -0.3 is 5.11 Å². The summed E-state index contributed by atoms with van der Waals surface area (Å²) in [6.45, 7) is 4.16. The minimum Gasteiger partial charge on any atom is -0.478 e. The number of likely N-dealkylation sites (tertiary alicyclic amines) is 1. The summed E-state index contributed by atoms with van der Waals surface area (Å²) >= 11 is 0. The average Bonchev–Trinajstić information content (AvgIpc) is 2.64. The molecule has 0 atom stereocenters. The third-order valence-corrected chi connectivity index (χ3v) is 6.55. The Kier molecular flexibility index (Phi) is 7.60. The topological polar surface area (TPSA) is 86.7 Å². The maximum Gasteiger partial charge on any atom is 0.335 e. The fraction of sp³-hybridized carbons (Fsp3) is 0.350. The largest absolute Gasteiger partial charge is 0.478 e. The quantitative estimate of drug-likeness (QED) is 0.744. The van der Waals surface area contributed by atoms with E-state index in [9.17, 15) is 13.2 Å². The van der Waals surface area contributed by atoms with Crippen molar-refractivity contribution in [2.45, 2.75) is 37.2 Å². The maximum absolute atomic E-state index is 12.8. The van der Waals surface area contributed by atoms with Gasteiger partial charge in [-0.2, -0.15) is 0 Å². The van der Waals surface area contributed by atoms with Crippen LogP contribution >= 0.6 is 12.4 Å². The van der Waals surface area contributed by atoms with Crippen molar-refractivity contribution in [3.63, 3.8) is 0 Å². The standard InChI is InChI=1S/C20H24N2O4S.ClH/c1-15-7-8-17(20(23)24)13-19(15)27(25,26)21-18-9-11-22(12-10-18)14-16-5-3-2-4-6-16;/h2-8,13,18,21H,9-12,14H2,1H3,(H,23,24);1H. The maximum atomic E-state index is 12.8. The minimum absolute atomic E-state index is 0. The molecular weight excluding hydrogens is 400 g/mol. The smallest absolute Gasteiger partial charge is 0.335 e. The molecule has 3 rings (SSSR count). The first-order valence-corrected chi connectivity index (χ1v) is 10.5. The van der Waals surface area contributed by atoms with Crippen molar-refractivity contribution in [3.05, 3.63) is 65.2 Å². The molecule has 6 nitrogen and oxygen atoms in total. The fourth-order valence-electron chi connectivity index (χ4n) is 3.36. The molecule has 1 heterocycles. The van der Waals surface area contributed by atoms with Crippen LogP contribution in [-0.2, 0) is 16.6 Å². The number of hydrogen-bond donors (Lipinski definition) is 2. The first kappa shape index (κ1) is 22.4. The zero-order valence-electron chi connectivity index (χ0n) is 15.7. The second-order valence-electron chi connectivity index (χ2n) is 6.94. The number of halogens is 1. The highest BCUT2D eigenvalue weighted by atomic mass is 35.5. The van der Waals surface area contributed by atoms with Gasteiger partial charge in [-0.25, -0.2) is 17.9 Å². The Morgan fingerprint density at radius 2 is 1.79 bits per heavy atom. The van der Waals surface area contributed by atoms with Crippen molar-refractivity contribution >= 4 is 28.4 Å². The number of sulfonamides is 1. The number of nitrogens with one attached hydrogen (secondary N) is 1. The summed E-state index contributed by atoms with van der Waals surface area (Å²) in [6.07, 6.45) is 1.45. The Labute approximate surface area is 172 Å². The zero-order valence-corrected chi connectivity index (χ0v) is 17.3. The lowest BCUT2D eigenvalue weighted by Gasteiger charge is -2.32. The summed E-state index contributed by atoms with van der Waals surface area (Å²) in [6, 6.07) is 14.2. The molecule has 0 saturated carbocycles. The Hall–Kier alpha value is -1.93. The van der Waals surface area contributed by atoms with Gasteiger partial charge >= 0.3 is 5.97 Å². The van der Waals surface area contributed by atoms with Gasteiger partial charge in [-0.3, -0.25) is 4.90 Å². The Balaban J connectivity index is 0.00000280. The van der Waals surface area contributed by atoms with E-state index in [0.29, 0.717) is 5.56 Å². The highest BCUT2D eigenvalue weighted by Crippen LogP contribution is 2.20. The number of carbonyl (C=O) groups is 1. The van der Waals surface area contributed by atoms with Gasteiger partial charge in [0.1, 0.15) is 0 Å². The van der Waals surface area contributed by atoms with Crippen molar-refractivity contribution in [3.8, 4) is 0 Å². The Bertz CT molecular complexity index is 911. The SMILES string of the molecule is Cc1ccc(C(=O)O)cc1S(=O)(=O)NC1CCN(Cc2ccccc2)CC1.Cl. The van der Waals surface area contributed by atoms with Crippen LogP contribution in [-0.4, -0.2) is 43.5 Å². The first-order chi connectivity index (χ1) is 12.8. The number of piperidine rings is 1. The molecule has 0 aliphatic carbocycles. The van der Waals surface area contributed by atoms with Gasteiger partial charge in [0.25, 0.3) is 0 Å². The molecule has 0 radical (unpaired) electrons. The van der Waals surface area contributed by atoms with Gasteiger partial charge in [0, 0.05) is 25.7 Å². The molecule has 8 heteroatoms. The molecule has 2 N–H and O–H groups in total. The third-order valence-electron chi connectivity index (χ3n) is 4.88. The van der Waals surface area contributed by atoms with E-state index in [-0.39, 0.29) is 28.9 Å². The molecule has 0 aromatic heterocycles. The molecule has 28 heavy (non-hydrogen) atoms. The molecule has 2 aromatic carbocycles. The van der Waals surface area contributed by atoms with Crippen LogP contribution in [0.2, 0.25) is 0 Å². The van der Waals surface area contributed by atoms with Crippen LogP contribution < -0.4 is 4.72 Å². The summed E-state index contributed by atoms with van der Waals surface area (Å²) in [4.78, 5) is 13.5. The molecule has 1 saturated heterocycles. The van der Waals surface area contributed by atoms with Gasteiger partial charge in [-0.15, -0.1) is 12.4 Å². The number of benzene rings is 2. The van der Waals surface area contributed by atoms with E-state index in [0.717, 1.165) is 32.5 Å². The second-order valence-corrected chi connectivity index (χ2v) is 8.63. The van der Waals surface area contributed by atoms with Crippen LogP contribution in [0.15, 0.2) is 53.4 Å². The molecule has 1 aliphatic heterocycles. The minimum atomic E-state index is -3.75. The van der Waals surface area contributed by atoms with E-state index < -0.39 is 16.0 Å². The molecule has 1 aliphatic rings. The predicted molar refractivity (Wildman–Crippen MR) is 110 cm³/mol. The van der Waals surface area contributed by atoms with Crippen molar-refractivity contribution in [2.75, 3.05) is 13.1 Å². The van der Waals surface area contributed by atoms with Crippen LogP contribution in [0.4, 0.5) is 0 Å². The lowest BCUT2D eigenvalue weighted by Crippen LogP contribution is -2.44. The number of carboxylic acid groups (broad SMARTS) is 1. The molecule has 152 valence electrons. The molecule has 0 amide bonds. The molecule has 1 fully saturated rings. The Morgan fingerprint density at radius 1 is 1.14 bits per heavy atom. The van der Waals surface area contributed by atoms with Gasteiger partial charge in [0.2, 0.25) is 10.0 Å². The predicted octanol–water partition coefficient (Wildman–Crippen LogP) is 3.06. The van der Waals surface area contributed by atoms with Crippen LogP contribution in [0, 0.1) is 6.92 Å². The third kappa shape index (κ3) is 5.54. The van der Waals surface area contributed by atoms with Gasteiger partial charge in [-0.05, 0) is 43.0 Å². The van der Waals surface area contributed by atoms with Crippen LogP contribution in [0.1, 0.15) is 34.3 Å². The van der Waals surface area contributed by atoms with E-state index >= 15 is 0 Å². The highest BCUT2D eigenvalue weighted by Gasteiger charge is 2.26. The van der Waals surface area contributed by atoms with Gasteiger partial charge in [-0.1, -0.05) is 36.4 Å². The number of hydrogen-bond acceptors (Lipinski definition) is 4. The summed E-state index contributed by atoms with van der Waals surface area (Å²) < 4.78 is 28.3. The number of aromatic carboxylic acids is 1. The second kappa shape index (κ2) is 9.52. The number of rotatable bonds is 6. The normalized spacial score (nSPS) is 15.8. The van der Waals surface area contributed by atoms with Crippen LogP contribution in [0.5, 0.6) is 0 Å². The zero-order chi connectivity index (χ0) is 19.4. The highest BCUT2D eigenvalue weighted by molar-refractivity contribution is 7.89. The summed E-state index contributed by atoms with van der Waals surface area (Å²) in [5.41, 5.74) is 1.75. The lowest BCUT2D eigenvalue weighted by atomic mass is 10.1. The molecule has 0 unspecified atom stereocenters. The number of carboxylic acids is 1. The monoisotopic (exact) mass is 424 g/mol. The summed E-state index contributed by atoms with van der Waals surface area (Å²) in [7, 11) is -3.75. The van der Waals surface area contributed by atoms with Crippen molar-refractivity contribution in [1.29, 1.82) is 0 Å². The van der Waals surface area contributed by atoms with Gasteiger partial charge in [0.05, 0.1) is 10.5 Å². The van der Waals surface area contributed by atoms with E-state index in [4.69, 9.17) is 5.11 Å². The Morgan fingerprint density at radius 3 is 2.39 bits per heavy atom. The van der Waals surface area contributed by atoms with E-state index in [1.165, 1.54) is 23.8 Å². The summed E-state index contributed by atoms with van der Waals surface area (Å²) in [5, 5.41) is 9.12. The molecule has 0 spiro atoms. The fourth-order valence-corrected chi connectivity index (χ4v) is 4.93. The molecule has 0 bridgehead atoms. The average molecular weight is 425 g/mol. The molecular formula is C20H25ClN2O4S. The van der Waals surface area contributed by atoms with Crippen molar-refractivity contribution in [1.82, 2.24) is 9.62 Å². The first-order valence-electron chi connectivity index (χ1n) is 8.98. The lowest BCUT2D eigenvalue weighted by molar-refractivity contribution is 0.0696. The van der Waals surface area contributed by atoms with E-state index in [1.54, 1.807) is 6.92 Å². The summed E-state index contributed by atoms with van der Waals surface area (Å²) in [5.74, 6) is -1.14.